The second kappa shape index (κ2) is 9.10. The molecule has 0 aromatic rings. The second-order valence-electron chi connectivity index (χ2n) is 7.94. The zero-order chi connectivity index (χ0) is 21.3. The summed E-state index contributed by atoms with van der Waals surface area (Å²) in [6, 6.07) is -0.0609. The molecule has 3 aliphatic heterocycles. The lowest BCUT2D eigenvalue weighted by atomic mass is 9.77. The number of nitrogens with one attached hydrogen (secondary N) is 2. The number of aliphatic hydroxyl groups excluding tert-OH is 1. The number of fused-ring (bicyclic) bond motifs is 1. The summed E-state index contributed by atoms with van der Waals surface area (Å²) in [5.74, 6) is -1.68. The van der Waals surface area contributed by atoms with Crippen molar-refractivity contribution in [2.45, 2.75) is 38.5 Å². The molecule has 10 nitrogen and oxygen atoms in total. The van der Waals surface area contributed by atoms with Gasteiger partial charge in [0.2, 0.25) is 11.8 Å². The molecule has 2 amide bonds. The Labute approximate surface area is 172 Å². The summed E-state index contributed by atoms with van der Waals surface area (Å²) in [6.07, 6.45) is 0.106. The molecule has 0 spiro atoms. The highest BCUT2D eigenvalue weighted by Crippen LogP contribution is 2.48. The highest BCUT2D eigenvalue weighted by atomic mass is 31.1. The molecule has 2 saturated heterocycles. The number of aliphatic hydroxyl groups is 1. The van der Waals surface area contributed by atoms with Gasteiger partial charge >= 0.3 is 5.97 Å². The molecule has 0 bridgehead atoms. The van der Waals surface area contributed by atoms with Crippen LogP contribution in [0.3, 0.4) is 0 Å². The quantitative estimate of drug-likeness (QED) is 0.180. The second-order valence-corrected chi connectivity index (χ2v) is 8.85. The van der Waals surface area contributed by atoms with E-state index in [2.05, 4.69) is 15.2 Å². The Kier molecular flexibility index (Phi) is 6.96. The van der Waals surface area contributed by atoms with E-state index in [0.29, 0.717) is 12.2 Å². The fourth-order valence-corrected chi connectivity index (χ4v) is 4.91. The molecule has 6 atom stereocenters. The SMILES string of the molecule is BNPOC(=O)C1=C(CN2CC[C@H](NCC(N)=O)C2)[C@H](C)[C@@H]2C([C@@H](C)O)C(=O)N12. The van der Waals surface area contributed by atoms with Crippen molar-refractivity contribution in [3.8, 4) is 0 Å². The summed E-state index contributed by atoms with van der Waals surface area (Å²) in [5, 5.41) is 13.2. The van der Waals surface area contributed by atoms with Crippen molar-refractivity contribution < 1.29 is 24.0 Å². The van der Waals surface area contributed by atoms with Gasteiger partial charge in [-0.3, -0.25) is 14.5 Å². The first-order chi connectivity index (χ1) is 13.8. The van der Waals surface area contributed by atoms with Crippen LogP contribution in [-0.4, -0.2) is 85.0 Å². The van der Waals surface area contributed by atoms with E-state index in [0.717, 1.165) is 25.1 Å². The van der Waals surface area contributed by atoms with Crippen molar-refractivity contribution in [3.63, 3.8) is 0 Å². The first kappa shape index (κ1) is 22.2. The number of likely N-dealkylation sites (tertiary alicyclic amines) is 1. The van der Waals surface area contributed by atoms with E-state index in [1.807, 2.05) is 6.92 Å². The molecule has 3 aliphatic rings. The Morgan fingerprint density at radius 1 is 1.48 bits per heavy atom. The van der Waals surface area contributed by atoms with Crippen LogP contribution in [0.5, 0.6) is 0 Å². The Morgan fingerprint density at radius 2 is 2.21 bits per heavy atom. The summed E-state index contributed by atoms with van der Waals surface area (Å²) < 4.78 is 5.28. The lowest BCUT2D eigenvalue weighted by Gasteiger charge is -2.46. The van der Waals surface area contributed by atoms with Gasteiger partial charge in [0, 0.05) is 31.6 Å². The van der Waals surface area contributed by atoms with Gasteiger partial charge in [-0.25, -0.2) is 4.79 Å². The molecular weight excluding hydrogens is 396 g/mol. The van der Waals surface area contributed by atoms with E-state index in [1.165, 1.54) is 4.90 Å². The molecule has 0 radical (unpaired) electrons. The number of nitrogens with zero attached hydrogens (tertiary/aromatic N) is 2. The fourth-order valence-electron chi connectivity index (χ4n) is 4.62. The number of primary amides is 1. The molecule has 160 valence electrons. The van der Waals surface area contributed by atoms with Crippen LogP contribution in [0.25, 0.3) is 0 Å². The molecule has 2 unspecified atom stereocenters. The van der Waals surface area contributed by atoms with E-state index in [-0.39, 0.29) is 39.4 Å². The Bertz CT molecular complexity index is 720. The Morgan fingerprint density at radius 3 is 2.83 bits per heavy atom. The number of carbonyl (C=O) groups excluding carboxylic acids is 3. The van der Waals surface area contributed by atoms with Crippen molar-refractivity contribution >= 4 is 34.7 Å². The predicted molar refractivity (Wildman–Crippen MR) is 110 cm³/mol. The third-order valence-corrected chi connectivity index (χ3v) is 6.48. The predicted octanol–water partition coefficient (Wildman–Crippen LogP) is -2.56. The van der Waals surface area contributed by atoms with Crippen LogP contribution in [0.15, 0.2) is 11.3 Å². The smallest absolute Gasteiger partial charge is 0.358 e. The number of amides is 2. The topological polar surface area (TPSA) is 137 Å². The monoisotopic (exact) mass is 425 g/mol. The number of carbonyl (C=O) groups is 3. The van der Waals surface area contributed by atoms with Gasteiger partial charge in [0.05, 0.1) is 24.6 Å². The molecule has 5 N–H and O–H groups in total. The standard InChI is InChI=1S/C17H29BN5O5P/c1-8-11(7-22-4-3-10(6-22)20-5-12(19)25)15(17(27)28-29-21-18)23-14(8)13(9(2)24)16(23)26/h8-10,13-14,20-21,24,29H,3-7,18H2,1-2H3,(H2,19,25)/t8-,9+,10-,13?,14+/m0/s1. The first-order valence-corrected chi connectivity index (χ1v) is 10.8. The van der Waals surface area contributed by atoms with Crippen LogP contribution in [0.1, 0.15) is 20.3 Å². The van der Waals surface area contributed by atoms with Crippen molar-refractivity contribution in [2.75, 3.05) is 26.2 Å². The molecular formula is C17H29BN5O5P. The van der Waals surface area contributed by atoms with Gasteiger partial charge in [0.15, 0.2) is 7.98 Å². The average molecular weight is 425 g/mol. The minimum Gasteiger partial charge on any atom is -0.428 e. The molecule has 0 saturated carbocycles. The van der Waals surface area contributed by atoms with Crippen LogP contribution in [-0.2, 0) is 18.9 Å². The molecule has 0 aromatic heterocycles. The molecule has 0 aliphatic carbocycles. The molecule has 0 aromatic carbocycles. The van der Waals surface area contributed by atoms with E-state index < -0.39 is 23.9 Å². The molecule has 3 rings (SSSR count). The third kappa shape index (κ3) is 4.34. The number of rotatable bonds is 9. The van der Waals surface area contributed by atoms with Gasteiger partial charge in [-0.1, -0.05) is 6.92 Å². The number of hydrogen-bond acceptors (Lipinski definition) is 8. The highest BCUT2D eigenvalue weighted by molar-refractivity contribution is 7.32. The summed E-state index contributed by atoms with van der Waals surface area (Å²) in [4.78, 5) is 42.9. The van der Waals surface area contributed by atoms with Gasteiger partial charge in [0.25, 0.3) is 0 Å². The van der Waals surface area contributed by atoms with Gasteiger partial charge in [-0.05, 0) is 18.9 Å². The van der Waals surface area contributed by atoms with Crippen LogP contribution in [0.4, 0.5) is 0 Å². The van der Waals surface area contributed by atoms with Crippen molar-refractivity contribution in [3.05, 3.63) is 11.3 Å². The van der Waals surface area contributed by atoms with Gasteiger partial charge in [-0.15, -0.1) is 0 Å². The van der Waals surface area contributed by atoms with E-state index in [1.54, 1.807) is 14.9 Å². The van der Waals surface area contributed by atoms with Gasteiger partial charge in [0.1, 0.15) is 14.7 Å². The number of β-lactam (4-membered cyclic amide) rings is 1. The van der Waals surface area contributed by atoms with Crippen LogP contribution in [0.2, 0.25) is 0 Å². The highest BCUT2D eigenvalue weighted by Gasteiger charge is 2.60. The summed E-state index contributed by atoms with van der Waals surface area (Å²) >= 11 is 0. The molecule has 29 heavy (non-hydrogen) atoms. The van der Waals surface area contributed by atoms with Crippen molar-refractivity contribution in [2.24, 2.45) is 17.6 Å². The summed E-state index contributed by atoms with van der Waals surface area (Å²) in [5.41, 5.74) is 6.39. The maximum absolute atomic E-state index is 12.7. The first-order valence-electron chi connectivity index (χ1n) is 9.87. The minimum absolute atomic E-state index is 0.0506. The van der Waals surface area contributed by atoms with E-state index >= 15 is 0 Å². The minimum atomic E-state index is -0.767. The fraction of sp³-hybridized carbons (Fsp3) is 0.706. The third-order valence-electron chi connectivity index (χ3n) is 5.99. The summed E-state index contributed by atoms with van der Waals surface area (Å²) in [7, 11) is 1.49. The van der Waals surface area contributed by atoms with Crippen molar-refractivity contribution in [1.82, 2.24) is 20.1 Å². The molecule has 3 heterocycles. The largest absolute Gasteiger partial charge is 0.428 e. The van der Waals surface area contributed by atoms with Gasteiger partial charge < -0.3 is 30.6 Å². The normalized spacial score (nSPS) is 30.7. The zero-order valence-corrected chi connectivity index (χ0v) is 18.0. The van der Waals surface area contributed by atoms with Crippen LogP contribution in [0, 0.1) is 11.8 Å². The van der Waals surface area contributed by atoms with Crippen molar-refractivity contribution in [1.29, 1.82) is 0 Å². The maximum atomic E-state index is 12.7. The Hall–Kier alpha value is -1.52. The lowest BCUT2D eigenvalue weighted by molar-refractivity contribution is -0.162. The number of hydrogen-bond donors (Lipinski definition) is 4. The number of nitrogens with two attached hydrogens (primary N) is 1. The van der Waals surface area contributed by atoms with Crippen LogP contribution < -0.4 is 16.0 Å². The summed E-state index contributed by atoms with van der Waals surface area (Å²) in [6.45, 7) is 5.82. The molecule has 2 fully saturated rings. The average Bonchev–Trinajstić information content (AvgIpc) is 3.20. The zero-order valence-electron chi connectivity index (χ0n) is 17.0. The lowest BCUT2D eigenvalue weighted by Crippen LogP contribution is -2.63. The van der Waals surface area contributed by atoms with E-state index in [9.17, 15) is 19.5 Å². The van der Waals surface area contributed by atoms with E-state index in [4.69, 9.17) is 10.3 Å². The Balaban J connectivity index is 1.76. The van der Waals surface area contributed by atoms with Crippen LogP contribution >= 0.6 is 8.96 Å². The molecule has 12 heteroatoms. The maximum Gasteiger partial charge on any atom is 0.358 e. The van der Waals surface area contributed by atoms with Gasteiger partial charge in [-0.2, -0.15) is 0 Å².